The number of halogens is 1. The van der Waals surface area contributed by atoms with Crippen LogP contribution in [0, 0.1) is 11.3 Å². The second kappa shape index (κ2) is 2.50. The third kappa shape index (κ3) is 0.936. The fourth-order valence-corrected chi connectivity index (χ4v) is 1.20. The number of benzene rings is 1. The Hall–Kier alpha value is -1.53. The second-order valence-corrected chi connectivity index (χ2v) is 2.69. The van der Waals surface area contributed by atoms with E-state index < -0.39 is 0 Å². The molecule has 0 saturated heterocycles. The van der Waals surface area contributed by atoms with E-state index in [1.807, 2.05) is 6.07 Å². The first kappa shape index (κ1) is 7.14. The van der Waals surface area contributed by atoms with Crippen LogP contribution in [-0.2, 0) is 0 Å². The van der Waals surface area contributed by atoms with Crippen LogP contribution in [0.3, 0.4) is 0 Å². The summed E-state index contributed by atoms with van der Waals surface area (Å²) in [7, 11) is 0. The van der Waals surface area contributed by atoms with Gasteiger partial charge in [-0.2, -0.15) is 5.26 Å². The van der Waals surface area contributed by atoms with Crippen molar-refractivity contribution in [2.24, 2.45) is 5.10 Å². The van der Waals surface area contributed by atoms with Gasteiger partial charge < -0.3 is 0 Å². The van der Waals surface area contributed by atoms with Crippen molar-refractivity contribution in [1.29, 1.82) is 5.26 Å². The molecule has 1 aliphatic rings. The van der Waals surface area contributed by atoms with Crippen LogP contribution in [0.25, 0.3) is 0 Å². The quantitative estimate of drug-likeness (QED) is 0.594. The molecule has 3 nitrogen and oxygen atoms in total. The SMILES string of the molecule is N#Cc1ccc2c(c1)C(Cl)=N[N]2. The molecule has 1 aliphatic heterocycles. The molecule has 1 aromatic rings. The van der Waals surface area contributed by atoms with Crippen molar-refractivity contribution in [1.82, 2.24) is 5.43 Å². The molecular formula is C8H3ClN3. The highest BCUT2D eigenvalue weighted by Crippen LogP contribution is 2.24. The first-order chi connectivity index (χ1) is 5.81. The van der Waals surface area contributed by atoms with Crippen molar-refractivity contribution in [3.8, 4) is 6.07 Å². The summed E-state index contributed by atoms with van der Waals surface area (Å²) in [6.07, 6.45) is 0. The Morgan fingerprint density at radius 1 is 1.42 bits per heavy atom. The van der Waals surface area contributed by atoms with Crippen LogP contribution in [-0.4, -0.2) is 5.17 Å². The van der Waals surface area contributed by atoms with E-state index in [-0.39, 0.29) is 0 Å². The van der Waals surface area contributed by atoms with Gasteiger partial charge in [-0.1, -0.05) is 11.6 Å². The van der Waals surface area contributed by atoms with Gasteiger partial charge in [0, 0.05) is 5.56 Å². The number of nitrogens with zero attached hydrogens (tertiary/aromatic N) is 3. The van der Waals surface area contributed by atoms with E-state index in [0.29, 0.717) is 10.7 Å². The van der Waals surface area contributed by atoms with Crippen LogP contribution >= 0.6 is 11.6 Å². The van der Waals surface area contributed by atoms with Gasteiger partial charge in [0.05, 0.1) is 17.3 Å². The molecule has 12 heavy (non-hydrogen) atoms. The molecule has 2 rings (SSSR count). The zero-order valence-electron chi connectivity index (χ0n) is 5.95. The Bertz CT molecular complexity index is 403. The van der Waals surface area contributed by atoms with Gasteiger partial charge in [-0.25, -0.2) is 0 Å². The molecule has 0 unspecified atom stereocenters. The lowest BCUT2D eigenvalue weighted by Crippen LogP contribution is -1.87. The lowest BCUT2D eigenvalue weighted by atomic mass is 10.1. The summed E-state index contributed by atoms with van der Waals surface area (Å²) in [5.74, 6) is 0. The minimum absolute atomic E-state index is 0.349. The van der Waals surface area contributed by atoms with Crippen LogP contribution in [0.5, 0.6) is 0 Å². The molecule has 0 N–H and O–H groups in total. The molecular weight excluding hydrogens is 174 g/mol. The van der Waals surface area contributed by atoms with Crippen molar-refractivity contribution in [2.45, 2.75) is 0 Å². The van der Waals surface area contributed by atoms with E-state index in [4.69, 9.17) is 16.9 Å². The summed E-state index contributed by atoms with van der Waals surface area (Å²) < 4.78 is 0. The predicted molar refractivity (Wildman–Crippen MR) is 45.3 cm³/mol. The highest BCUT2D eigenvalue weighted by molar-refractivity contribution is 6.70. The zero-order valence-corrected chi connectivity index (χ0v) is 6.71. The Morgan fingerprint density at radius 3 is 3.00 bits per heavy atom. The van der Waals surface area contributed by atoms with E-state index in [2.05, 4.69) is 10.5 Å². The van der Waals surface area contributed by atoms with Crippen molar-refractivity contribution in [3.63, 3.8) is 0 Å². The first-order valence-corrected chi connectivity index (χ1v) is 3.68. The van der Waals surface area contributed by atoms with E-state index in [0.717, 1.165) is 11.3 Å². The predicted octanol–water partition coefficient (Wildman–Crippen LogP) is 1.71. The van der Waals surface area contributed by atoms with E-state index in [9.17, 15) is 0 Å². The minimum atomic E-state index is 0.349. The molecule has 0 aliphatic carbocycles. The Balaban J connectivity index is 2.59. The number of hydrogen-bond donors (Lipinski definition) is 0. The zero-order chi connectivity index (χ0) is 8.55. The summed E-state index contributed by atoms with van der Waals surface area (Å²) in [5.41, 5.74) is 5.82. The molecule has 0 fully saturated rings. The van der Waals surface area contributed by atoms with Gasteiger partial charge in [0.25, 0.3) is 0 Å². The van der Waals surface area contributed by atoms with Gasteiger partial charge >= 0.3 is 0 Å². The highest BCUT2D eigenvalue weighted by atomic mass is 35.5. The maximum absolute atomic E-state index is 8.59. The average molecular weight is 177 g/mol. The standard InChI is InChI=1S/C8H3ClN3/c9-8-6-3-5(4-10)1-2-7(6)11-12-8/h1-3H. The summed E-state index contributed by atoms with van der Waals surface area (Å²) >= 11 is 5.72. The molecule has 0 bridgehead atoms. The highest BCUT2D eigenvalue weighted by Gasteiger charge is 2.15. The Labute approximate surface area is 74.3 Å². The normalized spacial score (nSPS) is 12.8. The summed E-state index contributed by atoms with van der Waals surface area (Å²) in [6.45, 7) is 0. The molecule has 57 valence electrons. The topological polar surface area (TPSA) is 50.2 Å². The third-order valence-corrected chi connectivity index (χ3v) is 1.87. The number of hydrogen-bond acceptors (Lipinski definition) is 2. The van der Waals surface area contributed by atoms with Gasteiger partial charge in [0.15, 0.2) is 5.17 Å². The van der Waals surface area contributed by atoms with Gasteiger partial charge in [-0.3, -0.25) is 0 Å². The van der Waals surface area contributed by atoms with E-state index >= 15 is 0 Å². The molecule has 1 aromatic carbocycles. The first-order valence-electron chi connectivity index (χ1n) is 3.30. The molecule has 0 saturated carbocycles. The lowest BCUT2D eigenvalue weighted by Gasteiger charge is -1.94. The summed E-state index contributed by atoms with van der Waals surface area (Å²) in [4.78, 5) is 0. The molecule has 0 atom stereocenters. The maximum Gasteiger partial charge on any atom is 0.161 e. The van der Waals surface area contributed by atoms with Gasteiger partial charge in [0.1, 0.15) is 0 Å². The van der Waals surface area contributed by atoms with Gasteiger partial charge in [-0.15, -0.1) is 10.5 Å². The molecule has 0 amide bonds. The molecule has 0 aromatic heterocycles. The Morgan fingerprint density at radius 2 is 2.25 bits per heavy atom. The number of rotatable bonds is 0. The average Bonchev–Trinajstić information content (AvgIpc) is 2.47. The molecule has 1 radical (unpaired) electrons. The van der Waals surface area contributed by atoms with Crippen molar-refractivity contribution in [2.75, 3.05) is 0 Å². The molecule has 4 heteroatoms. The minimum Gasteiger partial charge on any atom is -0.192 e. The molecule has 0 spiro atoms. The summed E-state index contributed by atoms with van der Waals surface area (Å²) in [5, 5.41) is 12.6. The third-order valence-electron chi connectivity index (χ3n) is 1.59. The Kier molecular flexibility index (Phi) is 1.49. The van der Waals surface area contributed by atoms with Crippen LogP contribution in [0.2, 0.25) is 0 Å². The van der Waals surface area contributed by atoms with E-state index in [1.54, 1.807) is 18.2 Å². The fraction of sp³-hybridized carbons (Fsp3) is 0. The second-order valence-electron chi connectivity index (χ2n) is 2.33. The van der Waals surface area contributed by atoms with Crippen LogP contribution in [0.1, 0.15) is 11.1 Å². The van der Waals surface area contributed by atoms with Crippen LogP contribution < -0.4 is 5.43 Å². The fourth-order valence-electron chi connectivity index (χ4n) is 1.01. The monoisotopic (exact) mass is 176 g/mol. The largest absolute Gasteiger partial charge is 0.192 e. The lowest BCUT2D eigenvalue weighted by molar-refractivity contribution is 0.990. The number of nitriles is 1. The van der Waals surface area contributed by atoms with Crippen LogP contribution in [0.4, 0.5) is 5.69 Å². The van der Waals surface area contributed by atoms with Gasteiger partial charge in [-0.05, 0) is 18.2 Å². The maximum atomic E-state index is 8.59. The van der Waals surface area contributed by atoms with Crippen molar-refractivity contribution in [3.05, 3.63) is 29.3 Å². The van der Waals surface area contributed by atoms with Crippen molar-refractivity contribution < 1.29 is 0 Å². The van der Waals surface area contributed by atoms with Crippen LogP contribution in [0.15, 0.2) is 23.3 Å². The van der Waals surface area contributed by atoms with Crippen molar-refractivity contribution >= 4 is 22.5 Å². The molecule has 1 heterocycles. The van der Waals surface area contributed by atoms with E-state index in [1.165, 1.54) is 0 Å². The van der Waals surface area contributed by atoms with Gasteiger partial charge in [0.2, 0.25) is 0 Å². The summed E-state index contributed by atoms with van der Waals surface area (Å²) in [6, 6.07) is 7.12. The number of fused-ring (bicyclic) bond motifs is 1. The smallest absolute Gasteiger partial charge is 0.161 e.